The number of nitrogen functional groups attached to an aromatic ring is 1. The molecule has 0 bridgehead atoms. The van der Waals surface area contributed by atoms with Gasteiger partial charge in [0.15, 0.2) is 0 Å². The SMILES string of the molecule is CC1(C)CCCN1CC(=O)Nc1cc(Cl)ccc1N. The number of nitrogens with two attached hydrogens (primary N) is 1. The lowest BCUT2D eigenvalue weighted by atomic mass is 10.0. The fourth-order valence-corrected chi connectivity index (χ4v) is 2.63. The number of amides is 1. The number of hydrogen-bond donors (Lipinski definition) is 2. The molecule has 19 heavy (non-hydrogen) atoms. The van der Waals surface area contributed by atoms with E-state index in [2.05, 4.69) is 24.1 Å². The van der Waals surface area contributed by atoms with Crippen LogP contribution in [0.1, 0.15) is 26.7 Å². The van der Waals surface area contributed by atoms with Gasteiger partial charge in [-0.25, -0.2) is 0 Å². The zero-order valence-electron chi connectivity index (χ0n) is 11.4. The van der Waals surface area contributed by atoms with E-state index in [1.165, 1.54) is 0 Å². The molecule has 1 saturated heterocycles. The van der Waals surface area contributed by atoms with E-state index in [0.29, 0.717) is 22.9 Å². The van der Waals surface area contributed by atoms with Crippen molar-refractivity contribution in [1.82, 2.24) is 4.90 Å². The van der Waals surface area contributed by atoms with Crippen LogP contribution in [0.4, 0.5) is 11.4 Å². The van der Waals surface area contributed by atoms with Gasteiger partial charge < -0.3 is 11.1 Å². The van der Waals surface area contributed by atoms with Crippen molar-refractivity contribution in [2.24, 2.45) is 0 Å². The summed E-state index contributed by atoms with van der Waals surface area (Å²) in [6.07, 6.45) is 2.26. The van der Waals surface area contributed by atoms with Crippen molar-refractivity contribution in [3.05, 3.63) is 23.2 Å². The summed E-state index contributed by atoms with van der Waals surface area (Å²) < 4.78 is 0. The molecular weight excluding hydrogens is 262 g/mol. The predicted octanol–water partition coefficient (Wildman–Crippen LogP) is 2.74. The molecule has 4 nitrogen and oxygen atoms in total. The molecule has 1 heterocycles. The molecule has 1 aromatic rings. The Bertz CT molecular complexity index is 488. The Balaban J connectivity index is 2.00. The van der Waals surface area contributed by atoms with Crippen LogP contribution >= 0.6 is 11.6 Å². The van der Waals surface area contributed by atoms with Crippen LogP contribution < -0.4 is 11.1 Å². The highest BCUT2D eigenvalue weighted by atomic mass is 35.5. The van der Waals surface area contributed by atoms with Gasteiger partial charge in [-0.2, -0.15) is 0 Å². The van der Waals surface area contributed by atoms with Crippen LogP contribution in [0.2, 0.25) is 5.02 Å². The predicted molar refractivity (Wildman–Crippen MR) is 79.4 cm³/mol. The number of carbonyl (C=O) groups excluding carboxylic acids is 1. The van der Waals surface area contributed by atoms with Gasteiger partial charge in [0, 0.05) is 10.6 Å². The van der Waals surface area contributed by atoms with Crippen LogP contribution in [-0.4, -0.2) is 29.4 Å². The van der Waals surface area contributed by atoms with Crippen molar-refractivity contribution in [3.63, 3.8) is 0 Å². The maximum absolute atomic E-state index is 12.1. The number of carbonyl (C=O) groups is 1. The third kappa shape index (κ3) is 3.39. The van der Waals surface area contributed by atoms with E-state index in [4.69, 9.17) is 17.3 Å². The fraction of sp³-hybridized carbons (Fsp3) is 0.500. The summed E-state index contributed by atoms with van der Waals surface area (Å²) in [6.45, 7) is 5.69. The second-order valence-electron chi connectivity index (χ2n) is 5.62. The van der Waals surface area contributed by atoms with Gasteiger partial charge in [-0.3, -0.25) is 9.69 Å². The smallest absolute Gasteiger partial charge is 0.238 e. The number of likely N-dealkylation sites (tertiary alicyclic amines) is 1. The average molecular weight is 282 g/mol. The molecule has 1 fully saturated rings. The minimum Gasteiger partial charge on any atom is -0.397 e. The average Bonchev–Trinajstić information content (AvgIpc) is 2.63. The van der Waals surface area contributed by atoms with Crippen molar-refractivity contribution >= 4 is 28.9 Å². The number of hydrogen-bond acceptors (Lipinski definition) is 3. The first-order chi connectivity index (χ1) is 8.88. The number of rotatable bonds is 3. The van der Waals surface area contributed by atoms with Gasteiger partial charge in [0.05, 0.1) is 17.9 Å². The first-order valence-corrected chi connectivity index (χ1v) is 6.86. The molecule has 0 aromatic heterocycles. The largest absolute Gasteiger partial charge is 0.397 e. The monoisotopic (exact) mass is 281 g/mol. The Morgan fingerprint density at radius 3 is 2.89 bits per heavy atom. The van der Waals surface area contributed by atoms with E-state index < -0.39 is 0 Å². The third-order valence-electron chi connectivity index (χ3n) is 3.70. The number of anilines is 2. The van der Waals surface area contributed by atoms with Crippen LogP contribution in [0.25, 0.3) is 0 Å². The summed E-state index contributed by atoms with van der Waals surface area (Å²) in [7, 11) is 0. The number of halogens is 1. The summed E-state index contributed by atoms with van der Waals surface area (Å²) >= 11 is 5.90. The van der Waals surface area contributed by atoms with E-state index in [1.54, 1.807) is 18.2 Å². The summed E-state index contributed by atoms with van der Waals surface area (Å²) in [6, 6.07) is 5.07. The molecule has 0 spiro atoms. The molecule has 104 valence electrons. The zero-order valence-corrected chi connectivity index (χ0v) is 12.1. The lowest BCUT2D eigenvalue weighted by Crippen LogP contribution is -2.43. The van der Waals surface area contributed by atoms with Crippen LogP contribution in [0.5, 0.6) is 0 Å². The van der Waals surface area contributed by atoms with E-state index >= 15 is 0 Å². The molecule has 0 atom stereocenters. The second-order valence-corrected chi connectivity index (χ2v) is 6.05. The molecule has 1 aliphatic rings. The van der Waals surface area contributed by atoms with Crippen LogP contribution in [0, 0.1) is 0 Å². The zero-order chi connectivity index (χ0) is 14.0. The topological polar surface area (TPSA) is 58.4 Å². The van der Waals surface area contributed by atoms with Crippen LogP contribution in [-0.2, 0) is 4.79 Å². The lowest BCUT2D eigenvalue weighted by molar-refractivity contribution is -0.118. The van der Waals surface area contributed by atoms with Crippen molar-refractivity contribution in [3.8, 4) is 0 Å². The summed E-state index contributed by atoms with van der Waals surface area (Å²) in [5.41, 5.74) is 7.01. The molecule has 1 aliphatic heterocycles. The Hall–Kier alpha value is -1.26. The second kappa shape index (κ2) is 5.39. The van der Waals surface area contributed by atoms with E-state index in [0.717, 1.165) is 19.4 Å². The first-order valence-electron chi connectivity index (χ1n) is 6.48. The van der Waals surface area contributed by atoms with Gasteiger partial charge >= 0.3 is 0 Å². The third-order valence-corrected chi connectivity index (χ3v) is 3.93. The Labute approximate surface area is 118 Å². The summed E-state index contributed by atoms with van der Waals surface area (Å²) in [5, 5.41) is 3.39. The molecule has 0 aliphatic carbocycles. The molecule has 0 radical (unpaired) electrons. The van der Waals surface area contributed by atoms with Crippen molar-refractivity contribution < 1.29 is 4.79 Å². The van der Waals surface area contributed by atoms with E-state index in [-0.39, 0.29) is 11.4 Å². The number of benzene rings is 1. The minimum atomic E-state index is -0.0519. The highest BCUT2D eigenvalue weighted by molar-refractivity contribution is 6.31. The first kappa shape index (κ1) is 14.2. The van der Waals surface area contributed by atoms with Crippen molar-refractivity contribution in [1.29, 1.82) is 0 Å². The minimum absolute atomic E-state index is 0.0519. The molecule has 0 saturated carbocycles. The van der Waals surface area contributed by atoms with E-state index in [9.17, 15) is 4.79 Å². The molecule has 0 unspecified atom stereocenters. The standard InChI is InChI=1S/C14H20ClN3O/c1-14(2)6-3-7-18(14)9-13(19)17-12-8-10(15)4-5-11(12)16/h4-5,8H,3,6-7,9,16H2,1-2H3,(H,17,19). The van der Waals surface area contributed by atoms with Gasteiger partial charge in [-0.1, -0.05) is 11.6 Å². The normalized spacial score (nSPS) is 18.5. The highest BCUT2D eigenvalue weighted by Gasteiger charge is 2.32. The molecule has 1 aromatic carbocycles. The van der Waals surface area contributed by atoms with Gasteiger partial charge in [-0.05, 0) is 51.4 Å². The molecule has 5 heteroatoms. The van der Waals surface area contributed by atoms with Crippen molar-refractivity contribution in [2.75, 3.05) is 24.1 Å². The van der Waals surface area contributed by atoms with Crippen LogP contribution in [0.3, 0.4) is 0 Å². The van der Waals surface area contributed by atoms with Gasteiger partial charge in [0.1, 0.15) is 0 Å². The molecular formula is C14H20ClN3O. The molecule has 2 rings (SSSR count). The van der Waals surface area contributed by atoms with Crippen molar-refractivity contribution in [2.45, 2.75) is 32.2 Å². The maximum Gasteiger partial charge on any atom is 0.238 e. The quantitative estimate of drug-likeness (QED) is 0.838. The van der Waals surface area contributed by atoms with E-state index in [1.807, 2.05) is 0 Å². The Morgan fingerprint density at radius 1 is 1.53 bits per heavy atom. The van der Waals surface area contributed by atoms with Crippen LogP contribution in [0.15, 0.2) is 18.2 Å². The number of nitrogens with one attached hydrogen (secondary N) is 1. The summed E-state index contributed by atoms with van der Waals surface area (Å²) in [5.74, 6) is -0.0519. The number of nitrogens with zero attached hydrogens (tertiary/aromatic N) is 1. The maximum atomic E-state index is 12.1. The van der Waals surface area contributed by atoms with Gasteiger partial charge in [0.2, 0.25) is 5.91 Å². The van der Waals surface area contributed by atoms with Gasteiger partial charge in [0.25, 0.3) is 0 Å². The highest BCUT2D eigenvalue weighted by Crippen LogP contribution is 2.28. The fourth-order valence-electron chi connectivity index (χ4n) is 2.46. The molecule has 3 N–H and O–H groups in total. The summed E-state index contributed by atoms with van der Waals surface area (Å²) in [4.78, 5) is 14.3. The lowest BCUT2D eigenvalue weighted by Gasteiger charge is -2.30. The Morgan fingerprint density at radius 2 is 2.26 bits per heavy atom. The Kier molecular flexibility index (Phi) is 4.02. The molecule has 1 amide bonds. The van der Waals surface area contributed by atoms with Gasteiger partial charge in [-0.15, -0.1) is 0 Å².